The fourth-order valence-corrected chi connectivity index (χ4v) is 1.01. The van der Waals surface area contributed by atoms with Gasteiger partial charge in [-0.15, -0.1) is 0 Å². The number of hydrogen-bond donors (Lipinski definition) is 0. The predicted octanol–water partition coefficient (Wildman–Crippen LogP) is 3.44. The maximum absolute atomic E-state index is 10.0. The molecule has 0 saturated heterocycles. The van der Waals surface area contributed by atoms with E-state index in [2.05, 4.69) is 29.8 Å². The molecule has 0 aliphatic heterocycles. The minimum atomic E-state index is 0.667. The molecule has 0 aliphatic rings. The number of allylic oxidation sites excluding steroid dienone is 6. The third-order valence-corrected chi connectivity index (χ3v) is 1.83. The Bertz CT molecular complexity index is 389. The van der Waals surface area contributed by atoms with E-state index in [0.29, 0.717) is 6.42 Å². The lowest BCUT2D eigenvalue weighted by atomic mass is 10.2. The van der Waals surface area contributed by atoms with Crippen molar-refractivity contribution in [1.29, 1.82) is 0 Å². The van der Waals surface area contributed by atoms with Gasteiger partial charge in [0.2, 0.25) is 0 Å². The van der Waals surface area contributed by atoms with E-state index in [9.17, 15) is 4.79 Å². The molecule has 1 nitrogen and oxygen atoms in total. The normalized spacial score (nSPS) is 10.2. The lowest BCUT2D eigenvalue weighted by Crippen LogP contribution is -1.75. The summed E-state index contributed by atoms with van der Waals surface area (Å²) in [5.41, 5.74) is 0. The van der Waals surface area contributed by atoms with E-state index in [1.54, 1.807) is 12.2 Å². The van der Waals surface area contributed by atoms with Gasteiger partial charge >= 0.3 is 0 Å². The van der Waals surface area contributed by atoms with Gasteiger partial charge in [0, 0.05) is 6.42 Å². The van der Waals surface area contributed by atoms with Crippen molar-refractivity contribution < 1.29 is 4.79 Å². The first-order chi connectivity index (χ1) is 8.41. The van der Waals surface area contributed by atoms with Gasteiger partial charge < -0.3 is 4.79 Å². The second kappa shape index (κ2) is 14.0. The van der Waals surface area contributed by atoms with Crippen LogP contribution in [0.25, 0.3) is 0 Å². The molecule has 0 aromatic carbocycles. The monoisotopic (exact) mass is 226 g/mol. The van der Waals surface area contributed by atoms with Crippen molar-refractivity contribution in [2.24, 2.45) is 0 Å². The fraction of sp³-hybridized carbons (Fsp3) is 0.312. The van der Waals surface area contributed by atoms with Crippen molar-refractivity contribution in [3.63, 3.8) is 0 Å². The van der Waals surface area contributed by atoms with Crippen LogP contribution in [-0.2, 0) is 4.79 Å². The fourth-order valence-electron chi connectivity index (χ4n) is 1.01. The van der Waals surface area contributed by atoms with Crippen LogP contribution in [0.1, 0.15) is 32.6 Å². The first-order valence-electron chi connectivity index (χ1n) is 5.79. The van der Waals surface area contributed by atoms with Gasteiger partial charge in [0.25, 0.3) is 0 Å². The molecule has 0 amide bonds. The lowest BCUT2D eigenvalue weighted by Gasteiger charge is -1.88. The van der Waals surface area contributed by atoms with Crippen molar-refractivity contribution in [2.75, 3.05) is 0 Å². The highest BCUT2D eigenvalue weighted by Gasteiger charge is 1.82. The van der Waals surface area contributed by atoms with Gasteiger partial charge in [0.1, 0.15) is 6.29 Å². The van der Waals surface area contributed by atoms with Crippen molar-refractivity contribution in [1.82, 2.24) is 0 Å². The minimum Gasteiger partial charge on any atom is -0.303 e. The quantitative estimate of drug-likeness (QED) is 0.293. The molecule has 0 N–H and O–H groups in total. The summed E-state index contributed by atoms with van der Waals surface area (Å²) in [4.78, 5) is 10.0. The molecular formula is C16H18O. The van der Waals surface area contributed by atoms with Crippen LogP contribution in [0, 0.1) is 23.7 Å². The zero-order valence-electron chi connectivity index (χ0n) is 10.3. The van der Waals surface area contributed by atoms with Gasteiger partial charge in [0.15, 0.2) is 0 Å². The van der Waals surface area contributed by atoms with Crippen molar-refractivity contribution in [3.05, 3.63) is 36.5 Å². The molecule has 0 rings (SSSR count). The number of carbonyl (C=O) groups is 1. The molecule has 0 spiro atoms. The Kier molecular flexibility index (Phi) is 12.4. The highest BCUT2D eigenvalue weighted by molar-refractivity contribution is 5.48. The van der Waals surface area contributed by atoms with Crippen molar-refractivity contribution in [3.8, 4) is 23.7 Å². The smallest absolute Gasteiger partial charge is 0.119 e. The number of aldehydes is 1. The van der Waals surface area contributed by atoms with E-state index in [1.807, 2.05) is 25.2 Å². The van der Waals surface area contributed by atoms with Gasteiger partial charge in [-0.05, 0) is 50.2 Å². The van der Waals surface area contributed by atoms with E-state index >= 15 is 0 Å². The molecule has 0 unspecified atom stereocenters. The van der Waals surface area contributed by atoms with Gasteiger partial charge in [-0.3, -0.25) is 0 Å². The standard InChI is InChI=1S/C16H18O/c1-2-3-4-5-6-7-8-9-10-11-12-13-14-15-16-17/h2-3,8-11,16H,12-15H2,1H3/b3-2+,9-8+,11-10+. The van der Waals surface area contributed by atoms with Gasteiger partial charge in [-0.1, -0.05) is 36.1 Å². The van der Waals surface area contributed by atoms with Crippen LogP contribution < -0.4 is 0 Å². The Morgan fingerprint density at radius 1 is 0.941 bits per heavy atom. The minimum absolute atomic E-state index is 0.667. The van der Waals surface area contributed by atoms with Crippen molar-refractivity contribution >= 4 is 6.29 Å². The van der Waals surface area contributed by atoms with E-state index in [0.717, 1.165) is 25.5 Å². The maximum Gasteiger partial charge on any atom is 0.119 e. The Hall–Kier alpha value is -1.99. The zero-order valence-corrected chi connectivity index (χ0v) is 10.3. The van der Waals surface area contributed by atoms with Gasteiger partial charge in [0.05, 0.1) is 0 Å². The first kappa shape index (κ1) is 15.0. The summed E-state index contributed by atoms with van der Waals surface area (Å²) in [5.74, 6) is 11.0. The SMILES string of the molecule is C/C=C/C#CC#C/C=C/C=C/CCCCC=O. The van der Waals surface area contributed by atoms with E-state index < -0.39 is 0 Å². The Morgan fingerprint density at radius 2 is 1.65 bits per heavy atom. The second-order valence-corrected chi connectivity index (χ2v) is 3.28. The Labute approximate surface area is 104 Å². The number of hydrogen-bond acceptors (Lipinski definition) is 1. The molecule has 0 aromatic rings. The molecule has 0 aliphatic carbocycles. The van der Waals surface area contributed by atoms with Crippen LogP contribution in [0.2, 0.25) is 0 Å². The summed E-state index contributed by atoms with van der Waals surface area (Å²) in [6, 6.07) is 0. The summed E-state index contributed by atoms with van der Waals surface area (Å²) in [6.07, 6.45) is 16.0. The van der Waals surface area contributed by atoms with Gasteiger partial charge in [-0.2, -0.15) is 0 Å². The van der Waals surface area contributed by atoms with Crippen LogP contribution in [0.4, 0.5) is 0 Å². The van der Waals surface area contributed by atoms with Gasteiger partial charge in [-0.25, -0.2) is 0 Å². The van der Waals surface area contributed by atoms with Crippen LogP contribution in [0.15, 0.2) is 36.5 Å². The summed E-state index contributed by atoms with van der Waals surface area (Å²) in [5, 5.41) is 0. The van der Waals surface area contributed by atoms with Crippen LogP contribution in [0.3, 0.4) is 0 Å². The summed E-state index contributed by atoms with van der Waals surface area (Å²) in [7, 11) is 0. The molecule has 0 bridgehead atoms. The van der Waals surface area contributed by atoms with Crippen LogP contribution in [-0.4, -0.2) is 6.29 Å². The van der Waals surface area contributed by atoms with E-state index in [-0.39, 0.29) is 0 Å². The van der Waals surface area contributed by atoms with E-state index in [4.69, 9.17) is 0 Å². The molecule has 0 aromatic heterocycles. The van der Waals surface area contributed by atoms with Crippen LogP contribution >= 0.6 is 0 Å². The second-order valence-electron chi connectivity index (χ2n) is 3.28. The highest BCUT2D eigenvalue weighted by atomic mass is 16.1. The molecule has 0 fully saturated rings. The third-order valence-electron chi connectivity index (χ3n) is 1.83. The maximum atomic E-state index is 10.0. The van der Waals surface area contributed by atoms with Crippen LogP contribution in [0.5, 0.6) is 0 Å². The Morgan fingerprint density at radius 3 is 2.35 bits per heavy atom. The summed E-state index contributed by atoms with van der Waals surface area (Å²) < 4.78 is 0. The lowest BCUT2D eigenvalue weighted by molar-refractivity contribution is -0.107. The summed E-state index contributed by atoms with van der Waals surface area (Å²) >= 11 is 0. The molecule has 17 heavy (non-hydrogen) atoms. The number of rotatable bonds is 6. The molecule has 0 heterocycles. The zero-order chi connectivity index (χ0) is 12.6. The molecule has 0 saturated carbocycles. The Balaban J connectivity index is 3.63. The highest BCUT2D eigenvalue weighted by Crippen LogP contribution is 1.98. The molecule has 88 valence electrons. The van der Waals surface area contributed by atoms with Crippen molar-refractivity contribution in [2.45, 2.75) is 32.6 Å². The first-order valence-corrected chi connectivity index (χ1v) is 5.79. The predicted molar refractivity (Wildman–Crippen MR) is 73.2 cm³/mol. The summed E-state index contributed by atoms with van der Waals surface area (Å²) in [6.45, 7) is 1.92. The average molecular weight is 226 g/mol. The molecule has 0 radical (unpaired) electrons. The van der Waals surface area contributed by atoms with E-state index in [1.165, 1.54) is 0 Å². The number of carbonyl (C=O) groups excluding carboxylic acids is 1. The third kappa shape index (κ3) is 14.0. The average Bonchev–Trinajstić information content (AvgIpc) is 2.35. The number of unbranched alkanes of at least 4 members (excludes halogenated alkanes) is 3. The molecular weight excluding hydrogens is 208 g/mol. The molecule has 0 atom stereocenters. The largest absolute Gasteiger partial charge is 0.303 e. The molecule has 1 heteroatoms. The topological polar surface area (TPSA) is 17.1 Å².